The van der Waals surface area contributed by atoms with Crippen LogP contribution in [0.5, 0.6) is 5.75 Å². The minimum Gasteiger partial charge on any atom is -0.507 e. The maximum atomic E-state index is 9.95. The van der Waals surface area contributed by atoms with Crippen molar-refractivity contribution in [1.82, 2.24) is 9.78 Å². The van der Waals surface area contributed by atoms with E-state index in [1.54, 1.807) is 12.1 Å². The van der Waals surface area contributed by atoms with E-state index in [2.05, 4.69) is 36.3 Å². The molecule has 1 aromatic heterocycles. The monoisotopic (exact) mass is 317 g/mol. The van der Waals surface area contributed by atoms with E-state index >= 15 is 0 Å². The number of phenols is 1. The minimum atomic E-state index is 0.0000783. The highest BCUT2D eigenvalue weighted by Gasteiger charge is 2.15. The highest BCUT2D eigenvalue weighted by Crippen LogP contribution is 2.31. The van der Waals surface area contributed by atoms with Crippen molar-refractivity contribution in [2.45, 2.75) is 27.3 Å². The van der Waals surface area contributed by atoms with Gasteiger partial charge in [0.2, 0.25) is 0 Å². The van der Waals surface area contributed by atoms with Gasteiger partial charge in [0.05, 0.1) is 17.8 Å². The molecule has 0 atom stereocenters. The van der Waals surface area contributed by atoms with E-state index in [0.29, 0.717) is 6.54 Å². The SMILES string of the molecule is Cc1ccc(Cn2nc(C)c(-c3ccc(C#N)c(O)c3)c2C)cc1. The molecule has 1 N–H and O–H groups in total. The second-order valence-corrected chi connectivity index (χ2v) is 6.03. The van der Waals surface area contributed by atoms with E-state index in [4.69, 9.17) is 5.26 Å². The van der Waals surface area contributed by atoms with Gasteiger partial charge in [0.15, 0.2) is 0 Å². The molecule has 4 heteroatoms. The molecule has 0 saturated carbocycles. The molecule has 24 heavy (non-hydrogen) atoms. The van der Waals surface area contributed by atoms with Crippen molar-refractivity contribution in [3.8, 4) is 22.9 Å². The lowest BCUT2D eigenvalue weighted by Gasteiger charge is -2.07. The van der Waals surface area contributed by atoms with Gasteiger partial charge in [-0.15, -0.1) is 0 Å². The quantitative estimate of drug-likeness (QED) is 0.791. The summed E-state index contributed by atoms with van der Waals surface area (Å²) in [5.41, 5.74) is 6.53. The van der Waals surface area contributed by atoms with Gasteiger partial charge in [-0.05, 0) is 44.0 Å². The second-order valence-electron chi connectivity index (χ2n) is 6.03. The van der Waals surface area contributed by atoms with E-state index in [-0.39, 0.29) is 11.3 Å². The molecule has 1 heterocycles. The Hall–Kier alpha value is -3.06. The molecule has 2 aromatic carbocycles. The molecule has 4 nitrogen and oxygen atoms in total. The molecule has 0 aliphatic heterocycles. The lowest BCUT2D eigenvalue weighted by Crippen LogP contribution is -2.04. The number of aromatic nitrogens is 2. The number of hydrogen-bond acceptors (Lipinski definition) is 3. The molecule has 0 unspecified atom stereocenters. The van der Waals surface area contributed by atoms with Gasteiger partial charge in [0, 0.05) is 11.3 Å². The Balaban J connectivity index is 1.99. The number of aryl methyl sites for hydroxylation is 2. The molecule has 120 valence electrons. The predicted molar refractivity (Wildman–Crippen MR) is 93.8 cm³/mol. The fraction of sp³-hybridized carbons (Fsp3) is 0.200. The topological polar surface area (TPSA) is 61.8 Å². The lowest BCUT2D eigenvalue weighted by molar-refractivity contribution is 0.474. The van der Waals surface area contributed by atoms with Crippen LogP contribution in [0.25, 0.3) is 11.1 Å². The van der Waals surface area contributed by atoms with Crippen LogP contribution < -0.4 is 0 Å². The second kappa shape index (κ2) is 6.21. The zero-order chi connectivity index (χ0) is 17.3. The van der Waals surface area contributed by atoms with Crippen LogP contribution in [-0.2, 0) is 6.54 Å². The van der Waals surface area contributed by atoms with Gasteiger partial charge in [-0.25, -0.2) is 0 Å². The average Bonchev–Trinajstić information content (AvgIpc) is 2.83. The van der Waals surface area contributed by atoms with Gasteiger partial charge in [0.25, 0.3) is 0 Å². The van der Waals surface area contributed by atoms with E-state index < -0.39 is 0 Å². The summed E-state index contributed by atoms with van der Waals surface area (Å²) >= 11 is 0. The molecular weight excluding hydrogens is 298 g/mol. The molecule has 0 aliphatic carbocycles. The van der Waals surface area contributed by atoms with Crippen LogP contribution >= 0.6 is 0 Å². The standard InChI is InChI=1S/C20H19N3O/c1-13-4-6-16(7-5-13)12-23-15(3)20(14(2)22-23)17-8-9-18(11-21)19(24)10-17/h4-10,24H,12H2,1-3H3. The Morgan fingerprint density at radius 1 is 1.08 bits per heavy atom. The third-order valence-corrected chi connectivity index (χ3v) is 4.24. The third-order valence-electron chi connectivity index (χ3n) is 4.24. The van der Waals surface area contributed by atoms with E-state index in [1.165, 1.54) is 11.1 Å². The van der Waals surface area contributed by atoms with Crippen molar-refractivity contribution in [3.63, 3.8) is 0 Å². The van der Waals surface area contributed by atoms with Gasteiger partial charge < -0.3 is 5.11 Å². The van der Waals surface area contributed by atoms with Crippen LogP contribution in [0.3, 0.4) is 0 Å². The Kier molecular flexibility index (Phi) is 4.09. The summed E-state index contributed by atoms with van der Waals surface area (Å²) in [5, 5.41) is 23.5. The first-order valence-electron chi connectivity index (χ1n) is 7.82. The third kappa shape index (κ3) is 2.89. The highest BCUT2D eigenvalue weighted by molar-refractivity contribution is 5.71. The molecule has 0 fully saturated rings. The largest absolute Gasteiger partial charge is 0.507 e. The number of aromatic hydroxyl groups is 1. The summed E-state index contributed by atoms with van der Waals surface area (Å²) in [7, 11) is 0. The number of phenolic OH excluding ortho intramolecular Hbond substituents is 1. The van der Waals surface area contributed by atoms with E-state index in [1.807, 2.05) is 30.7 Å². The van der Waals surface area contributed by atoms with Crippen LogP contribution in [0.15, 0.2) is 42.5 Å². The minimum absolute atomic E-state index is 0.0000783. The summed E-state index contributed by atoms with van der Waals surface area (Å²) in [6, 6.07) is 15.5. The van der Waals surface area contributed by atoms with Crippen LogP contribution in [0.2, 0.25) is 0 Å². The van der Waals surface area contributed by atoms with E-state index in [0.717, 1.165) is 22.5 Å². The molecule has 3 rings (SSSR count). The van der Waals surface area contributed by atoms with Crippen molar-refractivity contribution < 1.29 is 5.11 Å². The first kappa shape index (κ1) is 15.8. The summed E-state index contributed by atoms with van der Waals surface area (Å²) in [6.45, 7) is 6.76. The Labute approximate surface area is 141 Å². The highest BCUT2D eigenvalue weighted by atomic mass is 16.3. The zero-order valence-corrected chi connectivity index (χ0v) is 14.0. The van der Waals surface area contributed by atoms with E-state index in [9.17, 15) is 5.11 Å². The van der Waals surface area contributed by atoms with Crippen molar-refractivity contribution in [3.05, 3.63) is 70.5 Å². The summed E-state index contributed by atoms with van der Waals surface area (Å²) < 4.78 is 1.98. The molecule has 0 aliphatic rings. The maximum Gasteiger partial charge on any atom is 0.133 e. The fourth-order valence-corrected chi connectivity index (χ4v) is 2.92. The van der Waals surface area contributed by atoms with Gasteiger partial charge in [0.1, 0.15) is 11.8 Å². The molecule has 0 bridgehead atoms. The Morgan fingerprint density at radius 3 is 2.42 bits per heavy atom. The fourth-order valence-electron chi connectivity index (χ4n) is 2.92. The molecule has 0 saturated heterocycles. The molecule has 0 radical (unpaired) electrons. The predicted octanol–water partition coefficient (Wildman–Crippen LogP) is 4.10. The first-order chi connectivity index (χ1) is 11.5. The number of benzene rings is 2. The summed E-state index contributed by atoms with van der Waals surface area (Å²) in [5.74, 6) is 0.0000783. The van der Waals surface area contributed by atoms with Crippen molar-refractivity contribution in [2.24, 2.45) is 0 Å². The van der Waals surface area contributed by atoms with Gasteiger partial charge in [-0.1, -0.05) is 35.9 Å². The molecule has 0 spiro atoms. The smallest absolute Gasteiger partial charge is 0.133 e. The van der Waals surface area contributed by atoms with Crippen molar-refractivity contribution in [2.75, 3.05) is 0 Å². The number of rotatable bonds is 3. The van der Waals surface area contributed by atoms with Crippen molar-refractivity contribution in [1.29, 1.82) is 5.26 Å². The van der Waals surface area contributed by atoms with Gasteiger partial charge in [-0.2, -0.15) is 10.4 Å². The summed E-state index contributed by atoms with van der Waals surface area (Å²) in [4.78, 5) is 0. The van der Waals surface area contributed by atoms with Crippen LogP contribution in [0.4, 0.5) is 0 Å². The Morgan fingerprint density at radius 2 is 1.79 bits per heavy atom. The lowest BCUT2D eigenvalue weighted by atomic mass is 10.0. The maximum absolute atomic E-state index is 9.95. The molecule has 0 amide bonds. The molecular formula is C20H19N3O. The van der Waals surface area contributed by atoms with Gasteiger partial charge >= 0.3 is 0 Å². The molecule has 3 aromatic rings. The van der Waals surface area contributed by atoms with Crippen LogP contribution in [0, 0.1) is 32.1 Å². The van der Waals surface area contributed by atoms with Crippen LogP contribution in [-0.4, -0.2) is 14.9 Å². The Bertz CT molecular complexity index is 931. The summed E-state index contributed by atoms with van der Waals surface area (Å²) in [6.07, 6.45) is 0. The number of nitriles is 1. The van der Waals surface area contributed by atoms with Crippen molar-refractivity contribution >= 4 is 0 Å². The number of hydrogen-bond donors (Lipinski definition) is 1. The van der Waals surface area contributed by atoms with Gasteiger partial charge in [-0.3, -0.25) is 4.68 Å². The van der Waals surface area contributed by atoms with Crippen LogP contribution in [0.1, 0.15) is 28.1 Å². The first-order valence-corrected chi connectivity index (χ1v) is 7.82. The average molecular weight is 317 g/mol. The number of nitrogens with zero attached hydrogens (tertiary/aromatic N) is 3. The normalized spacial score (nSPS) is 10.6. The zero-order valence-electron chi connectivity index (χ0n) is 14.0.